The van der Waals surface area contributed by atoms with E-state index in [-0.39, 0.29) is 0 Å². The van der Waals surface area contributed by atoms with Crippen molar-refractivity contribution in [2.75, 3.05) is 7.11 Å². The fraction of sp³-hybridized carbons (Fsp3) is 0.250. The van der Waals surface area contributed by atoms with Crippen molar-refractivity contribution in [3.05, 3.63) is 33.8 Å². The Labute approximate surface area is 110 Å². The monoisotopic (exact) mass is 274 g/mol. The van der Waals surface area contributed by atoms with E-state index >= 15 is 0 Å². The molecule has 0 fully saturated rings. The summed E-state index contributed by atoms with van der Waals surface area (Å²) in [6, 6.07) is 3.20. The third-order valence-corrected chi connectivity index (χ3v) is 2.74. The van der Waals surface area contributed by atoms with E-state index in [1.807, 2.05) is 6.92 Å². The van der Waals surface area contributed by atoms with Crippen molar-refractivity contribution in [3.63, 3.8) is 0 Å². The lowest BCUT2D eigenvalue weighted by Crippen LogP contribution is -1.96. The number of methoxy groups -OCH3 is 1. The smallest absolute Gasteiger partial charge is 0.328 e. The van der Waals surface area contributed by atoms with Crippen LogP contribution < -0.4 is 4.74 Å². The minimum absolute atomic E-state index is 0.361. The van der Waals surface area contributed by atoms with Crippen LogP contribution in [0.4, 0.5) is 0 Å². The number of hydrogen-bond acceptors (Lipinski definition) is 2. The highest BCUT2D eigenvalue weighted by molar-refractivity contribution is 6.36. The first-order valence-corrected chi connectivity index (χ1v) is 5.72. The second-order valence-corrected chi connectivity index (χ2v) is 4.17. The van der Waals surface area contributed by atoms with Gasteiger partial charge >= 0.3 is 5.97 Å². The van der Waals surface area contributed by atoms with E-state index in [1.165, 1.54) is 7.11 Å². The van der Waals surface area contributed by atoms with Crippen LogP contribution >= 0.6 is 23.2 Å². The second-order valence-electron chi connectivity index (χ2n) is 3.33. The molecule has 0 spiro atoms. The summed E-state index contributed by atoms with van der Waals surface area (Å²) in [6.45, 7) is 1.85. The second kappa shape index (κ2) is 5.94. The number of carboxylic acid groups (broad SMARTS) is 1. The topological polar surface area (TPSA) is 46.5 Å². The molecule has 5 heteroatoms. The molecule has 0 aliphatic rings. The van der Waals surface area contributed by atoms with Crippen molar-refractivity contribution in [1.29, 1.82) is 0 Å². The lowest BCUT2D eigenvalue weighted by Gasteiger charge is -2.12. The number of aliphatic carboxylic acids is 1. The minimum atomic E-state index is -1.01. The summed E-state index contributed by atoms with van der Waals surface area (Å²) < 4.78 is 5.17. The number of allylic oxidation sites excluding steroid dienone is 1. The maximum Gasteiger partial charge on any atom is 0.328 e. The number of benzene rings is 1. The van der Waals surface area contributed by atoms with Crippen LogP contribution in [-0.2, 0) is 4.79 Å². The van der Waals surface area contributed by atoms with Crippen LogP contribution in [0.15, 0.2) is 18.2 Å². The van der Waals surface area contributed by atoms with Gasteiger partial charge in [-0.25, -0.2) is 4.79 Å². The summed E-state index contributed by atoms with van der Waals surface area (Å²) in [4.78, 5) is 10.7. The van der Waals surface area contributed by atoms with Gasteiger partial charge in [-0.1, -0.05) is 30.1 Å². The molecule has 92 valence electrons. The number of carboxylic acids is 1. The number of hydrogen-bond donors (Lipinski definition) is 1. The molecule has 0 unspecified atom stereocenters. The average molecular weight is 275 g/mol. The standard InChI is InChI=1S/C12H12Cl2O3/c1-3-7(4-11(15)16)9-5-8(13)6-10(14)12(9)17-2/h4-6H,3H2,1-2H3,(H,15,16)/b7-4+. The molecule has 0 saturated carbocycles. The molecule has 1 N–H and O–H groups in total. The molecule has 1 aromatic carbocycles. The summed E-state index contributed by atoms with van der Waals surface area (Å²) in [5.74, 6) is -0.578. The van der Waals surface area contributed by atoms with Gasteiger partial charge in [-0.15, -0.1) is 0 Å². The number of rotatable bonds is 4. The van der Waals surface area contributed by atoms with Crippen LogP contribution in [0.3, 0.4) is 0 Å². The van der Waals surface area contributed by atoms with Gasteiger partial charge in [0.1, 0.15) is 5.75 Å². The predicted molar refractivity (Wildman–Crippen MR) is 68.9 cm³/mol. The third kappa shape index (κ3) is 3.38. The molecule has 1 rings (SSSR count). The Hall–Kier alpha value is -1.19. The molecular weight excluding hydrogens is 263 g/mol. The number of ether oxygens (including phenoxy) is 1. The molecule has 0 amide bonds. The quantitative estimate of drug-likeness (QED) is 0.848. The Kier molecular flexibility index (Phi) is 4.85. The number of carbonyl (C=O) groups is 1. The van der Waals surface area contributed by atoms with Crippen LogP contribution in [0.1, 0.15) is 18.9 Å². The molecule has 0 aliphatic carbocycles. The maximum atomic E-state index is 10.7. The van der Waals surface area contributed by atoms with Crippen LogP contribution in [0.5, 0.6) is 5.75 Å². The van der Waals surface area contributed by atoms with E-state index in [2.05, 4.69) is 0 Å². The van der Waals surface area contributed by atoms with Crippen LogP contribution in [0, 0.1) is 0 Å². The van der Waals surface area contributed by atoms with Gasteiger partial charge in [0.2, 0.25) is 0 Å². The predicted octanol–water partition coefficient (Wildman–Crippen LogP) is 3.88. The highest BCUT2D eigenvalue weighted by atomic mass is 35.5. The highest BCUT2D eigenvalue weighted by Crippen LogP contribution is 2.37. The molecular formula is C12H12Cl2O3. The van der Waals surface area contributed by atoms with Gasteiger partial charge in [0.25, 0.3) is 0 Å². The van der Waals surface area contributed by atoms with Gasteiger partial charge < -0.3 is 9.84 Å². The van der Waals surface area contributed by atoms with Crippen molar-refractivity contribution in [3.8, 4) is 5.75 Å². The van der Waals surface area contributed by atoms with Gasteiger partial charge in [-0.2, -0.15) is 0 Å². The van der Waals surface area contributed by atoms with Gasteiger partial charge in [-0.3, -0.25) is 0 Å². The summed E-state index contributed by atoms with van der Waals surface area (Å²) in [5.41, 5.74) is 1.22. The van der Waals surface area contributed by atoms with Crippen LogP contribution in [0.25, 0.3) is 5.57 Å². The molecule has 0 saturated heterocycles. The molecule has 1 aromatic rings. The van der Waals surface area contributed by atoms with Crippen molar-refractivity contribution >= 4 is 34.7 Å². The lowest BCUT2D eigenvalue weighted by atomic mass is 10.0. The summed E-state index contributed by atoms with van der Waals surface area (Å²) >= 11 is 11.9. The molecule has 0 aromatic heterocycles. The Morgan fingerprint density at radius 3 is 2.59 bits per heavy atom. The largest absolute Gasteiger partial charge is 0.495 e. The van der Waals surface area contributed by atoms with E-state index in [0.29, 0.717) is 33.4 Å². The molecule has 3 nitrogen and oxygen atoms in total. The van der Waals surface area contributed by atoms with Crippen molar-refractivity contribution < 1.29 is 14.6 Å². The zero-order chi connectivity index (χ0) is 13.0. The van der Waals surface area contributed by atoms with Crippen molar-refractivity contribution in [1.82, 2.24) is 0 Å². The zero-order valence-corrected chi connectivity index (χ0v) is 11.0. The molecule has 0 heterocycles. The summed E-state index contributed by atoms with van der Waals surface area (Å²) in [5, 5.41) is 9.60. The maximum absolute atomic E-state index is 10.7. The Morgan fingerprint density at radius 2 is 2.12 bits per heavy atom. The van der Waals surface area contributed by atoms with Crippen LogP contribution in [0.2, 0.25) is 10.0 Å². The lowest BCUT2D eigenvalue weighted by molar-refractivity contribution is -0.131. The molecule has 0 radical (unpaired) electrons. The molecule has 0 bridgehead atoms. The van der Waals surface area contributed by atoms with E-state index in [0.717, 1.165) is 6.08 Å². The van der Waals surface area contributed by atoms with Crippen LogP contribution in [-0.4, -0.2) is 18.2 Å². The molecule has 17 heavy (non-hydrogen) atoms. The fourth-order valence-electron chi connectivity index (χ4n) is 1.53. The van der Waals surface area contributed by atoms with E-state index < -0.39 is 5.97 Å². The van der Waals surface area contributed by atoms with Gasteiger partial charge in [0.15, 0.2) is 0 Å². The summed E-state index contributed by atoms with van der Waals surface area (Å²) in [7, 11) is 1.48. The first kappa shape index (κ1) is 13.9. The molecule has 0 aliphatic heterocycles. The SMILES string of the molecule is CC/C(=C\C(=O)O)c1cc(Cl)cc(Cl)c1OC. The average Bonchev–Trinajstić information content (AvgIpc) is 2.24. The van der Waals surface area contributed by atoms with E-state index in [9.17, 15) is 4.79 Å². The summed E-state index contributed by atoms with van der Waals surface area (Å²) in [6.07, 6.45) is 1.67. The van der Waals surface area contributed by atoms with E-state index in [1.54, 1.807) is 12.1 Å². The zero-order valence-electron chi connectivity index (χ0n) is 9.46. The normalized spacial score (nSPS) is 11.4. The highest BCUT2D eigenvalue weighted by Gasteiger charge is 2.13. The first-order chi connectivity index (χ1) is 7.99. The van der Waals surface area contributed by atoms with Gasteiger partial charge in [0.05, 0.1) is 12.1 Å². The van der Waals surface area contributed by atoms with Gasteiger partial charge in [-0.05, 0) is 24.1 Å². The third-order valence-electron chi connectivity index (χ3n) is 2.24. The van der Waals surface area contributed by atoms with Crippen molar-refractivity contribution in [2.24, 2.45) is 0 Å². The van der Waals surface area contributed by atoms with Crippen molar-refractivity contribution in [2.45, 2.75) is 13.3 Å². The molecule has 0 atom stereocenters. The first-order valence-electron chi connectivity index (χ1n) is 4.96. The Morgan fingerprint density at radius 1 is 1.47 bits per heavy atom. The Balaban J connectivity index is 3.42. The van der Waals surface area contributed by atoms with E-state index in [4.69, 9.17) is 33.0 Å². The fourth-order valence-corrected chi connectivity index (χ4v) is 2.10. The Bertz CT molecular complexity index is 467. The minimum Gasteiger partial charge on any atom is -0.495 e. The number of halogens is 2. The van der Waals surface area contributed by atoms with Gasteiger partial charge in [0, 0.05) is 16.7 Å².